The second kappa shape index (κ2) is 3.07. The van der Waals surface area contributed by atoms with Gasteiger partial charge in [0, 0.05) is 5.92 Å². The lowest BCUT2D eigenvalue weighted by atomic mass is 9.93. The Balaban J connectivity index is 1.78. The lowest BCUT2D eigenvalue weighted by Gasteiger charge is -2.20. The van der Waals surface area contributed by atoms with Crippen LogP contribution in [0.2, 0.25) is 0 Å². The first-order chi connectivity index (χ1) is 6.86. The van der Waals surface area contributed by atoms with E-state index in [1.54, 1.807) is 0 Å². The quantitative estimate of drug-likeness (QED) is 0.452. The molecule has 3 unspecified atom stereocenters. The van der Waals surface area contributed by atoms with Crippen molar-refractivity contribution in [3.8, 4) is 0 Å². The minimum atomic E-state index is -0.339. The monoisotopic (exact) mass is 196 g/mol. The molecule has 76 valence electrons. The van der Waals surface area contributed by atoms with Crippen molar-refractivity contribution in [2.75, 3.05) is 13.2 Å². The average Bonchev–Trinajstić information content (AvgIpc) is 2.84. The highest BCUT2D eigenvalue weighted by Gasteiger charge is 2.49. The molecule has 2 heterocycles. The predicted molar refractivity (Wildman–Crippen MR) is 46.3 cm³/mol. The predicted octanol–water partition coefficient (Wildman–Crippen LogP) is 0.477. The van der Waals surface area contributed by atoms with E-state index in [9.17, 15) is 4.79 Å². The van der Waals surface area contributed by atoms with Gasteiger partial charge < -0.3 is 14.2 Å². The van der Waals surface area contributed by atoms with Gasteiger partial charge in [-0.05, 0) is 6.42 Å². The molecule has 3 aliphatic rings. The van der Waals surface area contributed by atoms with Crippen LogP contribution in [0.1, 0.15) is 6.42 Å². The summed E-state index contributed by atoms with van der Waals surface area (Å²) in [5.74, 6) is 0.0336. The van der Waals surface area contributed by atoms with Crippen molar-refractivity contribution in [3.63, 3.8) is 0 Å². The van der Waals surface area contributed by atoms with Gasteiger partial charge in [-0.2, -0.15) is 0 Å². The highest BCUT2D eigenvalue weighted by atomic mass is 16.7. The number of rotatable bonds is 1. The summed E-state index contributed by atoms with van der Waals surface area (Å²) in [6.07, 6.45) is 4.32. The molecule has 0 aromatic carbocycles. The van der Waals surface area contributed by atoms with E-state index in [1.165, 1.54) is 0 Å². The van der Waals surface area contributed by atoms with E-state index in [2.05, 4.69) is 0 Å². The molecule has 3 atom stereocenters. The Labute approximate surface area is 81.8 Å². The van der Waals surface area contributed by atoms with E-state index in [4.69, 9.17) is 14.2 Å². The molecule has 0 N–H and O–H groups in total. The third-order valence-electron chi connectivity index (χ3n) is 3.08. The highest BCUT2D eigenvalue weighted by Crippen LogP contribution is 2.39. The number of cyclic esters (lactones) is 1. The maximum Gasteiger partial charge on any atom is 0.313 e. The number of allylic oxidation sites excluding steroid dienone is 1. The number of esters is 1. The maximum atomic E-state index is 11.4. The number of carbonyl (C=O) groups is 1. The third kappa shape index (κ3) is 1.11. The zero-order chi connectivity index (χ0) is 9.54. The van der Waals surface area contributed by atoms with Crippen LogP contribution in [-0.4, -0.2) is 31.6 Å². The molecule has 0 aromatic heterocycles. The van der Waals surface area contributed by atoms with Crippen LogP contribution in [-0.2, 0) is 19.0 Å². The van der Waals surface area contributed by atoms with Crippen molar-refractivity contribution in [1.29, 1.82) is 0 Å². The summed E-state index contributed by atoms with van der Waals surface area (Å²) in [5.41, 5.74) is 0. The first kappa shape index (κ1) is 8.44. The lowest BCUT2D eigenvalue weighted by Crippen LogP contribution is -2.32. The molecule has 2 fully saturated rings. The molecule has 0 radical (unpaired) electrons. The van der Waals surface area contributed by atoms with E-state index in [0.717, 1.165) is 6.42 Å². The molecule has 3 rings (SSSR count). The Morgan fingerprint density at radius 3 is 2.86 bits per heavy atom. The van der Waals surface area contributed by atoms with Gasteiger partial charge in [-0.3, -0.25) is 4.79 Å². The Kier molecular flexibility index (Phi) is 1.85. The maximum absolute atomic E-state index is 11.4. The van der Waals surface area contributed by atoms with Gasteiger partial charge in [0.2, 0.25) is 0 Å². The van der Waals surface area contributed by atoms with Crippen molar-refractivity contribution in [2.45, 2.75) is 18.8 Å². The van der Waals surface area contributed by atoms with Crippen molar-refractivity contribution in [1.82, 2.24) is 0 Å². The molecule has 0 aromatic rings. The lowest BCUT2D eigenvalue weighted by molar-refractivity contribution is -0.164. The Morgan fingerprint density at radius 1 is 1.29 bits per heavy atom. The molecule has 4 heteroatoms. The van der Waals surface area contributed by atoms with Crippen molar-refractivity contribution in [3.05, 3.63) is 12.2 Å². The van der Waals surface area contributed by atoms with Crippen LogP contribution in [0.5, 0.6) is 0 Å². The van der Waals surface area contributed by atoms with E-state index in [1.807, 2.05) is 12.2 Å². The fourth-order valence-corrected chi connectivity index (χ4v) is 2.39. The van der Waals surface area contributed by atoms with Gasteiger partial charge in [0.05, 0.1) is 19.1 Å². The molecular weight excluding hydrogens is 184 g/mol. The zero-order valence-corrected chi connectivity index (χ0v) is 7.72. The molecule has 1 aliphatic carbocycles. The van der Waals surface area contributed by atoms with Crippen molar-refractivity contribution >= 4 is 5.97 Å². The van der Waals surface area contributed by atoms with Gasteiger partial charge in [-0.1, -0.05) is 12.2 Å². The fraction of sp³-hybridized carbons (Fsp3) is 0.700. The molecule has 14 heavy (non-hydrogen) atoms. The zero-order valence-electron chi connectivity index (χ0n) is 7.72. The van der Waals surface area contributed by atoms with Crippen LogP contribution < -0.4 is 0 Å². The molecule has 0 bridgehead atoms. The first-order valence-electron chi connectivity index (χ1n) is 4.96. The van der Waals surface area contributed by atoms with Crippen LogP contribution >= 0.6 is 0 Å². The summed E-state index contributed by atoms with van der Waals surface area (Å²) in [7, 11) is 0. The fourth-order valence-electron chi connectivity index (χ4n) is 2.39. The van der Waals surface area contributed by atoms with Crippen molar-refractivity contribution in [2.24, 2.45) is 11.8 Å². The normalized spacial score (nSPS) is 41.7. The minimum Gasteiger partial charge on any atom is -0.456 e. The van der Waals surface area contributed by atoms with Gasteiger partial charge in [0.1, 0.15) is 0 Å². The van der Waals surface area contributed by atoms with Gasteiger partial charge in [0.15, 0.2) is 12.4 Å². The second-order valence-electron chi connectivity index (χ2n) is 3.86. The summed E-state index contributed by atoms with van der Waals surface area (Å²) in [4.78, 5) is 11.4. The summed E-state index contributed by atoms with van der Waals surface area (Å²) >= 11 is 0. The Hall–Kier alpha value is -0.870. The Morgan fingerprint density at radius 2 is 2.07 bits per heavy atom. The standard InChI is InChI=1S/C10H12O4/c11-9-7-3-1-2-6(7)8(14-9)10-12-4-5-13-10/h1,3,6-8,10H,2,4-5H2. The van der Waals surface area contributed by atoms with Crippen LogP contribution in [0.15, 0.2) is 12.2 Å². The molecular formula is C10H12O4. The first-order valence-corrected chi connectivity index (χ1v) is 4.96. The molecule has 0 spiro atoms. The van der Waals surface area contributed by atoms with Crippen LogP contribution in [0.3, 0.4) is 0 Å². The number of hydrogen-bond donors (Lipinski definition) is 0. The highest BCUT2D eigenvalue weighted by molar-refractivity contribution is 5.78. The largest absolute Gasteiger partial charge is 0.456 e. The number of ether oxygens (including phenoxy) is 3. The minimum absolute atomic E-state index is 0.0622. The second-order valence-corrected chi connectivity index (χ2v) is 3.86. The third-order valence-corrected chi connectivity index (χ3v) is 3.08. The molecule has 2 aliphatic heterocycles. The summed E-state index contributed by atoms with van der Waals surface area (Å²) in [6, 6.07) is 0. The van der Waals surface area contributed by atoms with E-state index in [0.29, 0.717) is 13.2 Å². The SMILES string of the molecule is O=C1OC(C2OCCO2)C2CC=CC12. The number of fused-ring (bicyclic) bond motifs is 1. The summed E-state index contributed by atoms with van der Waals surface area (Å²) < 4.78 is 16.0. The van der Waals surface area contributed by atoms with E-state index >= 15 is 0 Å². The van der Waals surface area contributed by atoms with Gasteiger partial charge in [-0.15, -0.1) is 0 Å². The number of hydrogen-bond acceptors (Lipinski definition) is 4. The van der Waals surface area contributed by atoms with Crippen molar-refractivity contribution < 1.29 is 19.0 Å². The number of carbonyl (C=O) groups excluding carboxylic acids is 1. The summed E-state index contributed by atoms with van der Waals surface area (Å²) in [5, 5.41) is 0. The summed E-state index contributed by atoms with van der Waals surface area (Å²) in [6.45, 7) is 1.20. The molecule has 0 saturated carbocycles. The smallest absolute Gasteiger partial charge is 0.313 e. The van der Waals surface area contributed by atoms with Crippen LogP contribution in [0, 0.1) is 11.8 Å². The van der Waals surface area contributed by atoms with Crippen LogP contribution in [0.25, 0.3) is 0 Å². The Bertz CT molecular complexity index is 280. The molecule has 4 nitrogen and oxygen atoms in total. The van der Waals surface area contributed by atoms with Crippen LogP contribution in [0.4, 0.5) is 0 Å². The van der Waals surface area contributed by atoms with Gasteiger partial charge in [0.25, 0.3) is 0 Å². The average molecular weight is 196 g/mol. The van der Waals surface area contributed by atoms with Gasteiger partial charge in [-0.25, -0.2) is 0 Å². The molecule has 2 saturated heterocycles. The van der Waals surface area contributed by atoms with E-state index in [-0.39, 0.29) is 30.2 Å². The molecule has 0 amide bonds. The van der Waals surface area contributed by atoms with Gasteiger partial charge >= 0.3 is 5.97 Å². The topological polar surface area (TPSA) is 44.8 Å². The van der Waals surface area contributed by atoms with E-state index < -0.39 is 0 Å².